The quantitative estimate of drug-likeness (QED) is 0.867. The van der Waals surface area contributed by atoms with E-state index in [1.807, 2.05) is 6.07 Å². The number of hydrogen-bond acceptors (Lipinski definition) is 3. The lowest BCUT2D eigenvalue weighted by molar-refractivity contribution is -0.147. The van der Waals surface area contributed by atoms with Crippen molar-refractivity contribution < 1.29 is 19.4 Å². The minimum Gasteiger partial charge on any atom is -0.480 e. The summed E-state index contributed by atoms with van der Waals surface area (Å²) < 4.78 is 5.83. The fraction of sp³-hybridized carbons (Fsp3) is 0.333. The van der Waals surface area contributed by atoms with Crippen LogP contribution in [0.2, 0.25) is 0 Å². The summed E-state index contributed by atoms with van der Waals surface area (Å²) in [5, 5.41) is 11.8. The van der Waals surface area contributed by atoms with E-state index in [9.17, 15) is 9.59 Å². The number of aliphatic carboxylic acids is 1. The van der Waals surface area contributed by atoms with Gasteiger partial charge in [0, 0.05) is 11.0 Å². The topological polar surface area (TPSA) is 78.9 Å². The summed E-state index contributed by atoms with van der Waals surface area (Å²) in [4.78, 5) is 24.5. The van der Waals surface area contributed by atoms with Gasteiger partial charge in [-0.2, -0.15) is 0 Å². The maximum absolute atomic E-state index is 12.1. The third-order valence-corrected chi connectivity index (χ3v) is 3.48. The van der Waals surface area contributed by atoms with Crippen LogP contribution in [0.5, 0.6) is 0 Å². The zero-order valence-electron chi connectivity index (χ0n) is 10.0. The van der Waals surface area contributed by atoms with E-state index in [2.05, 4.69) is 21.2 Å². The first-order valence-corrected chi connectivity index (χ1v) is 6.51. The molecule has 1 atom stereocenters. The molecule has 1 saturated heterocycles. The van der Waals surface area contributed by atoms with E-state index in [4.69, 9.17) is 9.84 Å². The summed E-state index contributed by atoms with van der Waals surface area (Å²) in [6.07, 6.45) is 0. The average Bonchev–Trinajstić information content (AvgIpc) is 2.41. The van der Waals surface area contributed by atoms with Gasteiger partial charge >= 0.3 is 12.0 Å². The molecule has 7 heteroatoms. The molecule has 1 aliphatic rings. The number of para-hydroxylation sites is 1. The fourth-order valence-electron chi connectivity index (χ4n) is 1.80. The van der Waals surface area contributed by atoms with Crippen molar-refractivity contribution in [1.82, 2.24) is 4.90 Å². The van der Waals surface area contributed by atoms with E-state index in [-0.39, 0.29) is 13.2 Å². The third kappa shape index (κ3) is 3.24. The Kier molecular flexibility index (Phi) is 4.39. The molecular weight excluding hydrogens is 316 g/mol. The second kappa shape index (κ2) is 6.03. The number of amides is 2. The Morgan fingerprint density at radius 1 is 1.42 bits per heavy atom. The first-order valence-electron chi connectivity index (χ1n) is 5.72. The van der Waals surface area contributed by atoms with Crippen molar-refractivity contribution in [3.8, 4) is 0 Å². The molecule has 1 heterocycles. The molecule has 6 nitrogen and oxygen atoms in total. The van der Waals surface area contributed by atoms with Gasteiger partial charge in [0.1, 0.15) is 0 Å². The zero-order chi connectivity index (χ0) is 13.8. The van der Waals surface area contributed by atoms with Crippen LogP contribution in [0.25, 0.3) is 0 Å². The lowest BCUT2D eigenvalue weighted by atomic mass is 10.2. The number of carbonyl (C=O) groups excluding carboxylic acids is 1. The number of carboxylic acid groups (broad SMARTS) is 1. The molecule has 19 heavy (non-hydrogen) atoms. The van der Waals surface area contributed by atoms with Gasteiger partial charge in [-0.05, 0) is 28.1 Å². The minimum absolute atomic E-state index is 0.0126. The number of ether oxygens (including phenoxy) is 1. The maximum atomic E-state index is 12.1. The Morgan fingerprint density at radius 2 is 2.16 bits per heavy atom. The molecule has 1 unspecified atom stereocenters. The smallest absolute Gasteiger partial charge is 0.328 e. The zero-order valence-corrected chi connectivity index (χ0v) is 11.6. The van der Waals surface area contributed by atoms with Crippen molar-refractivity contribution >= 4 is 33.6 Å². The van der Waals surface area contributed by atoms with Gasteiger partial charge in [-0.1, -0.05) is 12.1 Å². The summed E-state index contributed by atoms with van der Waals surface area (Å²) in [6, 6.07) is 5.75. The van der Waals surface area contributed by atoms with Crippen molar-refractivity contribution in [3.05, 3.63) is 28.7 Å². The highest BCUT2D eigenvalue weighted by atomic mass is 79.9. The van der Waals surface area contributed by atoms with Crippen LogP contribution in [-0.4, -0.2) is 47.8 Å². The summed E-state index contributed by atoms with van der Waals surface area (Å²) >= 11 is 3.32. The van der Waals surface area contributed by atoms with Crippen molar-refractivity contribution in [2.24, 2.45) is 0 Å². The van der Waals surface area contributed by atoms with E-state index >= 15 is 0 Å². The number of nitrogens with one attached hydrogen (secondary N) is 1. The highest BCUT2D eigenvalue weighted by Gasteiger charge is 2.32. The first-order chi connectivity index (χ1) is 9.09. The van der Waals surface area contributed by atoms with Gasteiger partial charge in [0.05, 0.1) is 18.9 Å². The van der Waals surface area contributed by atoms with Gasteiger partial charge in [0.2, 0.25) is 0 Å². The largest absolute Gasteiger partial charge is 0.480 e. The minimum atomic E-state index is -1.07. The van der Waals surface area contributed by atoms with Crippen LogP contribution in [0.3, 0.4) is 0 Å². The van der Waals surface area contributed by atoms with Gasteiger partial charge in [-0.25, -0.2) is 9.59 Å². The Hall–Kier alpha value is -1.60. The van der Waals surface area contributed by atoms with Crippen LogP contribution in [0.1, 0.15) is 0 Å². The summed E-state index contributed by atoms with van der Waals surface area (Å²) in [5.41, 5.74) is 0.600. The molecule has 2 amide bonds. The monoisotopic (exact) mass is 328 g/mol. The van der Waals surface area contributed by atoms with Crippen LogP contribution in [0.15, 0.2) is 28.7 Å². The van der Waals surface area contributed by atoms with E-state index in [1.165, 1.54) is 4.90 Å². The van der Waals surface area contributed by atoms with Crippen molar-refractivity contribution in [2.75, 3.05) is 25.1 Å². The molecule has 102 valence electrons. The molecule has 0 aliphatic carbocycles. The molecule has 0 spiro atoms. The van der Waals surface area contributed by atoms with Crippen molar-refractivity contribution in [1.29, 1.82) is 0 Å². The van der Waals surface area contributed by atoms with Gasteiger partial charge in [0.15, 0.2) is 6.04 Å². The molecule has 2 rings (SSSR count). The van der Waals surface area contributed by atoms with Crippen LogP contribution in [0, 0.1) is 0 Å². The van der Waals surface area contributed by atoms with Gasteiger partial charge in [0.25, 0.3) is 0 Å². The number of hydrogen-bond donors (Lipinski definition) is 2. The Labute approximate surface area is 118 Å². The molecule has 0 saturated carbocycles. The molecular formula is C12H13BrN2O4. The molecule has 1 aliphatic heterocycles. The average molecular weight is 329 g/mol. The van der Waals surface area contributed by atoms with E-state index in [0.29, 0.717) is 12.3 Å². The van der Waals surface area contributed by atoms with Crippen LogP contribution in [-0.2, 0) is 9.53 Å². The van der Waals surface area contributed by atoms with E-state index in [1.54, 1.807) is 18.2 Å². The molecule has 2 N–H and O–H groups in total. The summed E-state index contributed by atoms with van der Waals surface area (Å²) in [5.74, 6) is -1.07. The number of morpholine rings is 1. The Bertz CT molecular complexity index is 494. The number of carbonyl (C=O) groups is 2. The number of carboxylic acids is 1. The second-order valence-corrected chi connectivity index (χ2v) is 4.89. The van der Waals surface area contributed by atoms with Crippen molar-refractivity contribution in [2.45, 2.75) is 6.04 Å². The summed E-state index contributed by atoms with van der Waals surface area (Å²) in [6.45, 7) is 0.610. The predicted octanol–water partition coefficient (Wildman–Crippen LogP) is 1.77. The number of anilines is 1. The van der Waals surface area contributed by atoms with Gasteiger partial charge in [-0.15, -0.1) is 0 Å². The lowest BCUT2D eigenvalue weighted by Gasteiger charge is -2.32. The van der Waals surface area contributed by atoms with Gasteiger partial charge < -0.3 is 20.1 Å². The second-order valence-electron chi connectivity index (χ2n) is 4.03. The number of halogens is 1. The standard InChI is InChI=1S/C12H13BrN2O4/c13-8-3-1-2-4-9(8)14-12(18)15-5-6-19-7-10(15)11(16)17/h1-4,10H,5-7H2,(H,14,18)(H,16,17). The molecule has 1 aromatic carbocycles. The lowest BCUT2D eigenvalue weighted by Crippen LogP contribution is -2.53. The highest BCUT2D eigenvalue weighted by Crippen LogP contribution is 2.22. The van der Waals surface area contributed by atoms with Crippen LogP contribution in [0.4, 0.5) is 10.5 Å². The number of benzene rings is 1. The molecule has 0 bridgehead atoms. The maximum Gasteiger partial charge on any atom is 0.328 e. The Balaban J connectivity index is 2.10. The third-order valence-electron chi connectivity index (χ3n) is 2.79. The molecule has 0 aromatic heterocycles. The highest BCUT2D eigenvalue weighted by molar-refractivity contribution is 9.10. The van der Waals surface area contributed by atoms with Crippen LogP contribution < -0.4 is 5.32 Å². The van der Waals surface area contributed by atoms with E-state index in [0.717, 1.165) is 4.47 Å². The van der Waals surface area contributed by atoms with Crippen LogP contribution >= 0.6 is 15.9 Å². The normalized spacial score (nSPS) is 19.0. The van der Waals surface area contributed by atoms with E-state index < -0.39 is 18.0 Å². The number of rotatable bonds is 2. The van der Waals surface area contributed by atoms with Crippen molar-refractivity contribution in [3.63, 3.8) is 0 Å². The SMILES string of the molecule is O=C(O)C1COCCN1C(=O)Nc1ccccc1Br. The fourth-order valence-corrected chi connectivity index (χ4v) is 2.18. The number of urea groups is 1. The molecule has 0 radical (unpaired) electrons. The molecule has 1 fully saturated rings. The first kappa shape index (κ1) is 13.8. The summed E-state index contributed by atoms with van der Waals surface area (Å²) in [7, 11) is 0. The van der Waals surface area contributed by atoms with Gasteiger partial charge in [-0.3, -0.25) is 0 Å². The predicted molar refractivity (Wildman–Crippen MR) is 72.1 cm³/mol. The molecule has 1 aromatic rings. The Morgan fingerprint density at radius 3 is 2.84 bits per heavy atom. The number of nitrogens with zero attached hydrogens (tertiary/aromatic N) is 1.